The normalized spacial score (nSPS) is 12.6. The van der Waals surface area contributed by atoms with Crippen molar-refractivity contribution in [3.8, 4) is 0 Å². The van der Waals surface area contributed by atoms with Crippen LogP contribution in [0.4, 0.5) is 0 Å². The van der Waals surface area contributed by atoms with Crippen LogP contribution in [0, 0.1) is 12.8 Å². The zero-order chi connectivity index (χ0) is 15.2. The van der Waals surface area contributed by atoms with Crippen molar-refractivity contribution in [3.63, 3.8) is 0 Å². The molecule has 114 valence electrons. The minimum absolute atomic E-state index is 0.243. The lowest BCUT2D eigenvalue weighted by Gasteiger charge is -2.17. The van der Waals surface area contributed by atoms with Crippen molar-refractivity contribution in [2.24, 2.45) is 5.92 Å². The summed E-state index contributed by atoms with van der Waals surface area (Å²) in [6.45, 7) is 6.83. The maximum atomic E-state index is 12.1. The van der Waals surface area contributed by atoms with Gasteiger partial charge in [0.2, 0.25) is 0 Å². The monoisotopic (exact) mass is 292 g/mol. The number of rotatable bonds is 7. The van der Waals surface area contributed by atoms with Crippen LogP contribution in [0.5, 0.6) is 0 Å². The summed E-state index contributed by atoms with van der Waals surface area (Å²) in [6.07, 6.45) is 1.57. The molecule has 0 saturated heterocycles. The molecule has 0 fully saturated rings. The summed E-state index contributed by atoms with van der Waals surface area (Å²) in [5, 5.41) is 6.54. The summed E-state index contributed by atoms with van der Waals surface area (Å²) in [7, 11) is 0. The summed E-state index contributed by atoms with van der Waals surface area (Å²) in [5.74, 6) is 1.34. The van der Waals surface area contributed by atoms with Crippen LogP contribution in [0.25, 0.3) is 0 Å². The van der Waals surface area contributed by atoms with Crippen LogP contribution in [-0.4, -0.2) is 24.3 Å². The fourth-order valence-corrected chi connectivity index (χ4v) is 1.81. The summed E-state index contributed by atoms with van der Waals surface area (Å²) in [6, 6.07) is 4.81. The van der Waals surface area contributed by atoms with Gasteiger partial charge in [0.1, 0.15) is 17.6 Å². The van der Waals surface area contributed by atoms with E-state index in [4.69, 9.17) is 13.7 Å². The van der Waals surface area contributed by atoms with Gasteiger partial charge in [-0.1, -0.05) is 19.0 Å². The van der Waals surface area contributed by atoms with Gasteiger partial charge in [0.05, 0.1) is 12.9 Å². The first kappa shape index (κ1) is 15.3. The number of nitrogens with zero attached hydrogens (tertiary/aromatic N) is 1. The van der Waals surface area contributed by atoms with E-state index in [1.165, 1.54) is 0 Å². The Morgan fingerprint density at radius 1 is 1.43 bits per heavy atom. The first-order valence-electron chi connectivity index (χ1n) is 6.91. The molecule has 0 aliphatic carbocycles. The number of nitrogens with one attached hydrogen (secondary N) is 1. The van der Waals surface area contributed by atoms with Gasteiger partial charge in [-0.05, 0) is 25.0 Å². The predicted octanol–water partition coefficient (Wildman–Crippen LogP) is 2.72. The number of aromatic nitrogens is 1. The third kappa shape index (κ3) is 4.46. The zero-order valence-corrected chi connectivity index (χ0v) is 12.5. The van der Waals surface area contributed by atoms with Crippen molar-refractivity contribution in [2.75, 3.05) is 13.2 Å². The molecule has 21 heavy (non-hydrogen) atoms. The molecule has 6 heteroatoms. The molecule has 0 aromatic carbocycles. The third-order valence-corrected chi connectivity index (χ3v) is 2.79. The maximum absolute atomic E-state index is 12.1. The lowest BCUT2D eigenvalue weighted by molar-refractivity contribution is 0.0725. The highest BCUT2D eigenvalue weighted by Gasteiger charge is 2.20. The van der Waals surface area contributed by atoms with Crippen LogP contribution in [0.2, 0.25) is 0 Å². The Balaban J connectivity index is 2.00. The lowest BCUT2D eigenvalue weighted by Crippen LogP contribution is -2.32. The van der Waals surface area contributed by atoms with Crippen molar-refractivity contribution in [1.29, 1.82) is 0 Å². The summed E-state index contributed by atoms with van der Waals surface area (Å²) in [4.78, 5) is 12.1. The Hall–Kier alpha value is -2.08. The van der Waals surface area contributed by atoms with Gasteiger partial charge in [0.25, 0.3) is 5.91 Å². The standard InChI is InChI=1S/C15H20N2O4/c1-10(2)8-19-9-13(14-5-4-6-20-14)16-15(18)12-7-11(3)21-17-12/h4-7,10,13H,8-9H2,1-3H3,(H,16,18). The fourth-order valence-electron chi connectivity index (χ4n) is 1.81. The van der Waals surface area contributed by atoms with Gasteiger partial charge < -0.3 is 19.0 Å². The number of aryl methyl sites for hydroxylation is 1. The smallest absolute Gasteiger partial charge is 0.274 e. The molecule has 6 nitrogen and oxygen atoms in total. The first-order chi connectivity index (χ1) is 10.1. The number of amides is 1. The van der Waals surface area contributed by atoms with E-state index in [0.29, 0.717) is 30.7 Å². The number of carbonyl (C=O) groups excluding carboxylic acids is 1. The van der Waals surface area contributed by atoms with E-state index in [9.17, 15) is 4.79 Å². The second-order valence-corrected chi connectivity index (χ2v) is 5.30. The SMILES string of the molecule is Cc1cc(C(=O)NC(COCC(C)C)c2ccco2)no1. The van der Waals surface area contributed by atoms with Gasteiger partial charge in [-0.25, -0.2) is 0 Å². The number of carbonyl (C=O) groups is 1. The fraction of sp³-hybridized carbons (Fsp3) is 0.467. The number of hydrogen-bond acceptors (Lipinski definition) is 5. The molecule has 1 N–H and O–H groups in total. The topological polar surface area (TPSA) is 77.5 Å². The Morgan fingerprint density at radius 3 is 2.81 bits per heavy atom. The molecule has 1 unspecified atom stereocenters. The second kappa shape index (κ2) is 7.08. The van der Waals surface area contributed by atoms with Crippen LogP contribution in [-0.2, 0) is 4.74 Å². The van der Waals surface area contributed by atoms with E-state index in [2.05, 4.69) is 24.3 Å². The molecule has 2 aromatic heterocycles. The van der Waals surface area contributed by atoms with Crippen molar-refractivity contribution in [3.05, 3.63) is 41.7 Å². The largest absolute Gasteiger partial charge is 0.467 e. The number of ether oxygens (including phenoxy) is 1. The van der Waals surface area contributed by atoms with Crippen LogP contribution in [0.15, 0.2) is 33.4 Å². The molecule has 0 aliphatic heterocycles. The van der Waals surface area contributed by atoms with E-state index in [1.807, 2.05) is 0 Å². The maximum Gasteiger partial charge on any atom is 0.274 e. The molecule has 0 radical (unpaired) electrons. The second-order valence-electron chi connectivity index (χ2n) is 5.30. The molecule has 0 bridgehead atoms. The van der Waals surface area contributed by atoms with Crippen molar-refractivity contribution in [1.82, 2.24) is 10.5 Å². The number of hydrogen-bond donors (Lipinski definition) is 1. The van der Waals surface area contributed by atoms with E-state index in [-0.39, 0.29) is 17.6 Å². The summed E-state index contributed by atoms with van der Waals surface area (Å²) < 4.78 is 15.9. The van der Waals surface area contributed by atoms with Crippen LogP contribution >= 0.6 is 0 Å². The van der Waals surface area contributed by atoms with Gasteiger partial charge in [-0.15, -0.1) is 0 Å². The van der Waals surface area contributed by atoms with Gasteiger partial charge in [-0.2, -0.15) is 0 Å². The number of furan rings is 1. The van der Waals surface area contributed by atoms with E-state index >= 15 is 0 Å². The predicted molar refractivity (Wildman–Crippen MR) is 75.8 cm³/mol. The average molecular weight is 292 g/mol. The van der Waals surface area contributed by atoms with E-state index in [0.717, 1.165) is 0 Å². The lowest BCUT2D eigenvalue weighted by atomic mass is 10.2. The summed E-state index contributed by atoms with van der Waals surface area (Å²) in [5.41, 5.74) is 0.243. The van der Waals surface area contributed by atoms with Crippen LogP contribution in [0.3, 0.4) is 0 Å². The average Bonchev–Trinajstić information content (AvgIpc) is 3.08. The molecule has 0 aliphatic rings. The molecule has 0 spiro atoms. The van der Waals surface area contributed by atoms with Gasteiger partial charge in [0.15, 0.2) is 5.69 Å². The Labute approximate surface area is 123 Å². The quantitative estimate of drug-likeness (QED) is 0.849. The highest BCUT2D eigenvalue weighted by molar-refractivity contribution is 5.92. The molecule has 2 aromatic rings. The molecule has 1 atom stereocenters. The summed E-state index contributed by atoms with van der Waals surface area (Å²) >= 11 is 0. The van der Waals surface area contributed by atoms with Gasteiger partial charge in [-0.3, -0.25) is 4.79 Å². The highest BCUT2D eigenvalue weighted by atomic mass is 16.5. The Morgan fingerprint density at radius 2 is 2.24 bits per heavy atom. The Bertz CT molecular complexity index is 560. The first-order valence-corrected chi connectivity index (χ1v) is 6.91. The highest BCUT2D eigenvalue weighted by Crippen LogP contribution is 2.15. The molecule has 2 rings (SSSR count). The molecule has 0 saturated carbocycles. The Kier molecular flexibility index (Phi) is 5.16. The minimum atomic E-state index is -0.358. The van der Waals surface area contributed by atoms with Crippen molar-refractivity contribution < 1.29 is 18.5 Å². The molecule has 1 amide bonds. The molecular formula is C15H20N2O4. The molecular weight excluding hydrogens is 272 g/mol. The van der Waals surface area contributed by atoms with Crippen LogP contribution in [0.1, 0.15) is 41.9 Å². The minimum Gasteiger partial charge on any atom is -0.467 e. The van der Waals surface area contributed by atoms with Crippen molar-refractivity contribution >= 4 is 5.91 Å². The van der Waals surface area contributed by atoms with E-state index in [1.54, 1.807) is 31.4 Å². The zero-order valence-electron chi connectivity index (χ0n) is 12.5. The van der Waals surface area contributed by atoms with Gasteiger partial charge in [0, 0.05) is 12.7 Å². The van der Waals surface area contributed by atoms with E-state index < -0.39 is 0 Å². The third-order valence-electron chi connectivity index (χ3n) is 2.79. The molecule has 2 heterocycles. The van der Waals surface area contributed by atoms with Crippen molar-refractivity contribution in [2.45, 2.75) is 26.8 Å². The van der Waals surface area contributed by atoms with Crippen LogP contribution < -0.4 is 5.32 Å². The van der Waals surface area contributed by atoms with Gasteiger partial charge >= 0.3 is 0 Å².